The van der Waals surface area contributed by atoms with Gasteiger partial charge in [-0.25, -0.2) is 4.57 Å². The van der Waals surface area contributed by atoms with Gasteiger partial charge in [0.2, 0.25) is 0 Å². The number of hydrogen-bond acceptors (Lipinski definition) is 2. The van der Waals surface area contributed by atoms with E-state index < -0.39 is 7.60 Å². The van der Waals surface area contributed by atoms with Crippen molar-refractivity contribution in [3.05, 3.63) is 45.3 Å². The highest BCUT2D eigenvalue weighted by Crippen LogP contribution is 2.54. The molecule has 0 bridgehead atoms. The van der Waals surface area contributed by atoms with Crippen molar-refractivity contribution >= 4 is 44.8 Å². The molecule has 1 atom stereocenters. The molecule has 0 radical (unpaired) electrons. The molecule has 0 aromatic heterocycles. The van der Waals surface area contributed by atoms with Crippen molar-refractivity contribution in [3.63, 3.8) is 0 Å². The van der Waals surface area contributed by atoms with Gasteiger partial charge in [0.05, 0.1) is 9.78 Å². The van der Waals surface area contributed by atoms with Crippen LogP contribution in [-0.2, 0) is 4.57 Å². The fraction of sp³-hybridized carbons (Fsp3) is 0. The second kappa shape index (κ2) is 4.20. The predicted octanol–water partition coefficient (Wildman–Crippen LogP) is 4.08. The maximum atomic E-state index is 12.2. The first-order chi connectivity index (χ1) is 8.49. The van der Waals surface area contributed by atoms with E-state index in [0.29, 0.717) is 15.5 Å². The lowest BCUT2D eigenvalue weighted by molar-refractivity contribution is 0.391. The molecule has 0 saturated carbocycles. The maximum absolute atomic E-state index is 12.2. The molecule has 0 fully saturated rings. The minimum absolute atomic E-state index is 0.336. The topological polar surface area (TPSA) is 46.5 Å². The summed E-state index contributed by atoms with van der Waals surface area (Å²) in [6.07, 6.45) is 0. The summed E-state index contributed by atoms with van der Waals surface area (Å²) in [5, 5.41) is 0.336. The summed E-state index contributed by atoms with van der Waals surface area (Å²) in [6, 6.07) is 10.7. The van der Waals surface area contributed by atoms with Crippen LogP contribution in [0.2, 0.25) is 0 Å². The molecule has 0 amide bonds. The van der Waals surface area contributed by atoms with E-state index in [2.05, 4.69) is 31.9 Å². The summed E-state index contributed by atoms with van der Waals surface area (Å²) in [4.78, 5) is 9.97. The van der Waals surface area contributed by atoms with Crippen molar-refractivity contribution in [3.8, 4) is 16.9 Å². The lowest BCUT2D eigenvalue weighted by atomic mass is 10.0. The summed E-state index contributed by atoms with van der Waals surface area (Å²) in [5.74, 6) is 0.405. The van der Waals surface area contributed by atoms with Crippen LogP contribution < -0.4 is 9.83 Å². The fourth-order valence-electron chi connectivity index (χ4n) is 1.97. The second-order valence-corrected chi connectivity index (χ2v) is 7.37. The monoisotopic (exact) mass is 388 g/mol. The third-order valence-electron chi connectivity index (χ3n) is 2.72. The Morgan fingerprint density at radius 3 is 2.61 bits per heavy atom. The largest absolute Gasteiger partial charge is 0.419 e. The first kappa shape index (κ1) is 12.4. The van der Waals surface area contributed by atoms with Gasteiger partial charge in [-0.2, -0.15) is 0 Å². The molecule has 1 aliphatic rings. The van der Waals surface area contributed by atoms with Crippen LogP contribution in [0.4, 0.5) is 0 Å². The van der Waals surface area contributed by atoms with Gasteiger partial charge < -0.3 is 9.42 Å². The minimum Gasteiger partial charge on any atom is -0.419 e. The Hall–Kier alpha value is -0.610. The van der Waals surface area contributed by atoms with E-state index in [-0.39, 0.29) is 0 Å². The highest BCUT2D eigenvalue weighted by atomic mass is 79.9. The molecule has 0 spiro atoms. The van der Waals surface area contributed by atoms with E-state index in [4.69, 9.17) is 4.52 Å². The van der Waals surface area contributed by atoms with E-state index in [9.17, 15) is 9.46 Å². The fourth-order valence-corrected chi connectivity index (χ4v) is 4.72. The quantitative estimate of drug-likeness (QED) is 0.690. The van der Waals surface area contributed by atoms with Crippen molar-refractivity contribution in [2.75, 3.05) is 0 Å². The van der Waals surface area contributed by atoms with Crippen LogP contribution >= 0.6 is 39.5 Å². The first-order valence-electron chi connectivity index (χ1n) is 5.10. The molecule has 18 heavy (non-hydrogen) atoms. The van der Waals surface area contributed by atoms with Crippen molar-refractivity contribution in [1.82, 2.24) is 0 Å². The van der Waals surface area contributed by atoms with E-state index in [0.717, 1.165) is 15.6 Å². The third kappa shape index (κ3) is 1.86. The lowest BCUT2D eigenvalue weighted by Gasteiger charge is -2.25. The smallest absolute Gasteiger partial charge is 0.408 e. The molecule has 0 saturated heterocycles. The van der Waals surface area contributed by atoms with Gasteiger partial charge in [0.15, 0.2) is 5.75 Å². The Bertz CT molecular complexity index is 700. The van der Waals surface area contributed by atoms with E-state index >= 15 is 0 Å². The Morgan fingerprint density at radius 2 is 1.83 bits per heavy atom. The number of halogens is 2. The molecular weight excluding hydrogens is 383 g/mol. The summed E-state index contributed by atoms with van der Waals surface area (Å²) in [7, 11) is -3.80. The van der Waals surface area contributed by atoms with Crippen molar-refractivity contribution in [2.45, 2.75) is 0 Å². The van der Waals surface area contributed by atoms with Crippen LogP contribution in [0.15, 0.2) is 45.3 Å². The molecule has 1 unspecified atom stereocenters. The summed E-state index contributed by atoms with van der Waals surface area (Å²) < 4.78 is 19.0. The van der Waals surface area contributed by atoms with Gasteiger partial charge in [-0.1, -0.05) is 34.1 Å². The van der Waals surface area contributed by atoms with Gasteiger partial charge in [-0.05, 0) is 34.1 Å². The van der Waals surface area contributed by atoms with Gasteiger partial charge in [0, 0.05) is 15.6 Å². The Labute approximate surface area is 121 Å². The molecule has 2 aromatic carbocycles. The normalized spacial score (nSPS) is 20.8. The van der Waals surface area contributed by atoms with Gasteiger partial charge in [-0.3, -0.25) is 0 Å². The van der Waals surface area contributed by atoms with Crippen LogP contribution in [0.5, 0.6) is 5.75 Å². The average molecular weight is 390 g/mol. The number of rotatable bonds is 0. The summed E-state index contributed by atoms with van der Waals surface area (Å²) in [5.41, 5.74) is 1.53. The van der Waals surface area contributed by atoms with E-state index in [1.807, 2.05) is 18.2 Å². The number of benzene rings is 2. The molecule has 1 N–H and O–H groups in total. The van der Waals surface area contributed by atoms with Gasteiger partial charge in [0.1, 0.15) is 0 Å². The molecule has 3 nitrogen and oxygen atoms in total. The summed E-state index contributed by atoms with van der Waals surface area (Å²) in [6.45, 7) is 0. The van der Waals surface area contributed by atoms with Gasteiger partial charge in [-0.15, -0.1) is 0 Å². The van der Waals surface area contributed by atoms with Crippen LogP contribution in [0.25, 0.3) is 11.1 Å². The minimum atomic E-state index is -3.80. The van der Waals surface area contributed by atoms with Gasteiger partial charge in [0.25, 0.3) is 0 Å². The standard InChI is InChI=1S/C12H7Br2O3P/c13-7-5-9-8-3-1-2-4-11(8)18(15,16)17-12(9)10(14)6-7/h1-6H,(H,15,16). The van der Waals surface area contributed by atoms with Crippen molar-refractivity contribution in [1.29, 1.82) is 0 Å². The highest BCUT2D eigenvalue weighted by molar-refractivity contribution is 9.11. The van der Waals surface area contributed by atoms with Crippen molar-refractivity contribution in [2.24, 2.45) is 0 Å². The molecule has 1 heterocycles. The molecule has 92 valence electrons. The first-order valence-corrected chi connectivity index (χ1v) is 8.27. The molecular formula is C12H7Br2O3P. The Balaban J connectivity index is 2.40. The van der Waals surface area contributed by atoms with Gasteiger partial charge >= 0.3 is 7.60 Å². The average Bonchev–Trinajstić information content (AvgIpc) is 2.31. The number of hydrogen-bond donors (Lipinski definition) is 1. The molecule has 6 heteroatoms. The highest BCUT2D eigenvalue weighted by Gasteiger charge is 2.35. The van der Waals surface area contributed by atoms with Crippen LogP contribution in [0.3, 0.4) is 0 Å². The summed E-state index contributed by atoms with van der Waals surface area (Å²) >= 11 is 6.75. The van der Waals surface area contributed by atoms with Crippen LogP contribution in [0, 0.1) is 0 Å². The Morgan fingerprint density at radius 1 is 1.11 bits per heavy atom. The second-order valence-electron chi connectivity index (χ2n) is 3.89. The lowest BCUT2D eigenvalue weighted by Crippen LogP contribution is -2.17. The third-order valence-corrected chi connectivity index (χ3v) is 5.20. The Kier molecular flexibility index (Phi) is 2.90. The SMILES string of the molecule is O=P1(O)Oc2c(Br)cc(Br)cc2-c2ccccc21. The molecule has 2 aromatic rings. The molecule has 1 aliphatic heterocycles. The zero-order chi connectivity index (χ0) is 12.9. The van der Waals surface area contributed by atoms with Crippen LogP contribution in [-0.4, -0.2) is 4.89 Å². The number of fused-ring (bicyclic) bond motifs is 3. The van der Waals surface area contributed by atoms with Crippen LogP contribution in [0.1, 0.15) is 0 Å². The zero-order valence-electron chi connectivity index (χ0n) is 8.93. The maximum Gasteiger partial charge on any atom is 0.408 e. The van der Waals surface area contributed by atoms with Crippen molar-refractivity contribution < 1.29 is 14.0 Å². The predicted molar refractivity (Wildman–Crippen MR) is 77.4 cm³/mol. The van der Waals surface area contributed by atoms with E-state index in [1.165, 1.54) is 0 Å². The van der Waals surface area contributed by atoms with E-state index in [1.54, 1.807) is 18.2 Å². The molecule has 3 rings (SSSR count). The molecule has 0 aliphatic carbocycles. The zero-order valence-corrected chi connectivity index (χ0v) is 13.0.